The van der Waals surface area contributed by atoms with Gasteiger partial charge in [0.25, 0.3) is 0 Å². The van der Waals surface area contributed by atoms with Crippen molar-refractivity contribution < 1.29 is 9.90 Å². The highest BCUT2D eigenvalue weighted by molar-refractivity contribution is 5.77. The second kappa shape index (κ2) is 9.21. The van der Waals surface area contributed by atoms with Crippen LogP contribution in [0.3, 0.4) is 0 Å². The van der Waals surface area contributed by atoms with Gasteiger partial charge in [0.05, 0.1) is 5.69 Å². The summed E-state index contributed by atoms with van der Waals surface area (Å²) in [5, 5.41) is 10.4. The average molecular weight is 394 g/mol. The summed E-state index contributed by atoms with van der Waals surface area (Å²) in [6, 6.07) is 16.1. The van der Waals surface area contributed by atoms with Crippen molar-refractivity contribution in [1.82, 2.24) is 4.90 Å². The van der Waals surface area contributed by atoms with Crippen LogP contribution in [0.2, 0.25) is 0 Å². The van der Waals surface area contributed by atoms with Crippen molar-refractivity contribution in [3.63, 3.8) is 0 Å². The molecular formula is C24H31N3O2. The summed E-state index contributed by atoms with van der Waals surface area (Å²) in [7, 11) is 0. The number of nitrogens with zero attached hydrogens (tertiary/aromatic N) is 3. The average Bonchev–Trinajstić information content (AvgIpc) is 2.79. The summed E-state index contributed by atoms with van der Waals surface area (Å²) >= 11 is 0. The van der Waals surface area contributed by atoms with Crippen LogP contribution in [0.4, 0.5) is 11.4 Å². The Bertz CT molecular complexity index is 810. The van der Waals surface area contributed by atoms with Crippen LogP contribution in [0.1, 0.15) is 31.2 Å². The number of hydrogen-bond donors (Lipinski definition) is 1. The molecule has 2 heterocycles. The van der Waals surface area contributed by atoms with Gasteiger partial charge in [-0.15, -0.1) is 0 Å². The van der Waals surface area contributed by atoms with Crippen molar-refractivity contribution in [2.75, 3.05) is 49.1 Å². The van der Waals surface area contributed by atoms with Crippen LogP contribution in [0.5, 0.6) is 5.75 Å². The van der Waals surface area contributed by atoms with E-state index in [4.69, 9.17) is 0 Å². The number of aromatic hydroxyl groups is 1. The molecule has 0 aliphatic carbocycles. The first kappa shape index (κ1) is 19.6. The number of hydrogen-bond acceptors (Lipinski definition) is 4. The van der Waals surface area contributed by atoms with Crippen LogP contribution in [-0.4, -0.2) is 55.2 Å². The number of piperazine rings is 1. The summed E-state index contributed by atoms with van der Waals surface area (Å²) in [6.07, 6.45) is 5.12. The van der Waals surface area contributed by atoms with E-state index in [0.29, 0.717) is 25.3 Å². The van der Waals surface area contributed by atoms with E-state index in [9.17, 15) is 9.90 Å². The van der Waals surface area contributed by atoms with Crippen LogP contribution in [-0.2, 0) is 11.2 Å². The fraction of sp³-hybridized carbons (Fsp3) is 0.458. The normalized spacial score (nSPS) is 17.4. The number of carbonyl (C=O) groups is 1. The maximum Gasteiger partial charge on any atom is 0.223 e. The predicted octanol–water partition coefficient (Wildman–Crippen LogP) is 3.66. The molecule has 0 atom stereocenters. The van der Waals surface area contributed by atoms with Crippen LogP contribution >= 0.6 is 0 Å². The smallest absolute Gasteiger partial charge is 0.223 e. The fourth-order valence-electron chi connectivity index (χ4n) is 4.36. The molecule has 0 aromatic heterocycles. The Morgan fingerprint density at radius 2 is 1.55 bits per heavy atom. The van der Waals surface area contributed by atoms with E-state index < -0.39 is 0 Å². The van der Waals surface area contributed by atoms with E-state index in [0.717, 1.165) is 38.3 Å². The largest absolute Gasteiger partial charge is 0.506 e. The molecule has 5 nitrogen and oxygen atoms in total. The lowest BCUT2D eigenvalue weighted by atomic mass is 10.1. The number of anilines is 2. The molecule has 0 unspecified atom stereocenters. The molecule has 4 rings (SSSR count). The van der Waals surface area contributed by atoms with Crippen molar-refractivity contribution >= 4 is 17.3 Å². The molecule has 0 radical (unpaired) electrons. The Hall–Kier alpha value is -2.69. The first-order chi connectivity index (χ1) is 14.2. The molecule has 2 fully saturated rings. The SMILES string of the molecule is O=C(CCc1ccccc1)N1CCN(c2cc(N3CCCCC3)ccc2O)CC1. The molecular weight excluding hydrogens is 362 g/mol. The minimum Gasteiger partial charge on any atom is -0.506 e. The van der Waals surface area contributed by atoms with Crippen LogP contribution in [0, 0.1) is 0 Å². The van der Waals surface area contributed by atoms with Crippen molar-refractivity contribution in [2.45, 2.75) is 32.1 Å². The number of benzene rings is 2. The number of carbonyl (C=O) groups excluding carboxylic acids is 1. The van der Waals surface area contributed by atoms with E-state index in [1.54, 1.807) is 0 Å². The molecule has 1 amide bonds. The quantitative estimate of drug-likeness (QED) is 0.842. The van der Waals surface area contributed by atoms with E-state index >= 15 is 0 Å². The van der Waals surface area contributed by atoms with Gasteiger partial charge < -0.3 is 19.8 Å². The predicted molar refractivity (Wildman–Crippen MR) is 118 cm³/mol. The van der Waals surface area contributed by atoms with Crippen molar-refractivity contribution in [3.05, 3.63) is 54.1 Å². The second-order valence-electron chi connectivity index (χ2n) is 8.07. The summed E-state index contributed by atoms with van der Waals surface area (Å²) in [4.78, 5) is 19.2. The first-order valence-electron chi connectivity index (χ1n) is 10.9. The Labute approximate surface area is 173 Å². The maximum absolute atomic E-state index is 12.6. The van der Waals surface area contributed by atoms with Crippen molar-refractivity contribution in [3.8, 4) is 5.75 Å². The second-order valence-corrected chi connectivity index (χ2v) is 8.07. The molecule has 154 valence electrons. The number of aryl methyl sites for hydroxylation is 1. The highest BCUT2D eigenvalue weighted by Gasteiger charge is 2.23. The van der Waals surface area contributed by atoms with E-state index in [-0.39, 0.29) is 5.91 Å². The molecule has 2 aliphatic heterocycles. The molecule has 5 heteroatoms. The molecule has 0 bridgehead atoms. The number of rotatable bonds is 5. The third kappa shape index (κ3) is 4.84. The monoisotopic (exact) mass is 393 g/mol. The van der Waals surface area contributed by atoms with Gasteiger partial charge in [0.15, 0.2) is 0 Å². The minimum absolute atomic E-state index is 0.222. The lowest BCUT2D eigenvalue weighted by Gasteiger charge is -2.37. The molecule has 2 aromatic rings. The lowest BCUT2D eigenvalue weighted by Crippen LogP contribution is -2.48. The third-order valence-electron chi connectivity index (χ3n) is 6.12. The Morgan fingerprint density at radius 1 is 0.828 bits per heavy atom. The summed E-state index contributed by atoms with van der Waals surface area (Å²) in [5.41, 5.74) is 3.29. The minimum atomic E-state index is 0.222. The van der Waals surface area contributed by atoms with Crippen molar-refractivity contribution in [1.29, 1.82) is 0 Å². The Morgan fingerprint density at radius 3 is 2.28 bits per heavy atom. The zero-order valence-corrected chi connectivity index (χ0v) is 17.1. The molecule has 29 heavy (non-hydrogen) atoms. The highest BCUT2D eigenvalue weighted by atomic mass is 16.3. The third-order valence-corrected chi connectivity index (χ3v) is 6.12. The van der Waals surface area contributed by atoms with Gasteiger partial charge in [0.1, 0.15) is 5.75 Å². The van der Waals surface area contributed by atoms with Crippen LogP contribution < -0.4 is 9.80 Å². The number of phenolic OH excluding ortho intramolecular Hbond substituents is 1. The summed E-state index contributed by atoms with van der Waals surface area (Å²) in [5.74, 6) is 0.550. The fourth-order valence-corrected chi connectivity index (χ4v) is 4.36. The molecule has 2 saturated heterocycles. The van der Waals surface area contributed by atoms with Crippen molar-refractivity contribution in [2.24, 2.45) is 0 Å². The van der Waals surface area contributed by atoms with Crippen LogP contribution in [0.25, 0.3) is 0 Å². The Kier molecular flexibility index (Phi) is 6.23. The number of amides is 1. The lowest BCUT2D eigenvalue weighted by molar-refractivity contribution is -0.131. The zero-order chi connectivity index (χ0) is 20.1. The van der Waals surface area contributed by atoms with Gasteiger partial charge in [0, 0.05) is 51.4 Å². The standard InChI is InChI=1S/C24H31N3O2/c28-23-11-10-21(25-13-5-2-6-14-25)19-22(23)26-15-17-27(18-16-26)24(29)12-9-20-7-3-1-4-8-20/h1,3-4,7-8,10-11,19,28H,2,5-6,9,12-18H2. The van der Waals surface area contributed by atoms with Crippen LogP contribution in [0.15, 0.2) is 48.5 Å². The van der Waals surface area contributed by atoms with E-state index in [2.05, 4.69) is 28.0 Å². The molecule has 0 spiro atoms. The molecule has 0 saturated carbocycles. The number of piperidine rings is 1. The Balaban J connectivity index is 1.33. The highest BCUT2D eigenvalue weighted by Crippen LogP contribution is 2.33. The zero-order valence-electron chi connectivity index (χ0n) is 17.1. The maximum atomic E-state index is 12.6. The van der Waals surface area contributed by atoms with Gasteiger partial charge in [0.2, 0.25) is 5.91 Å². The first-order valence-corrected chi connectivity index (χ1v) is 10.9. The number of phenols is 1. The summed E-state index contributed by atoms with van der Waals surface area (Å²) in [6.45, 7) is 5.12. The summed E-state index contributed by atoms with van der Waals surface area (Å²) < 4.78 is 0. The van der Waals surface area contributed by atoms with Gasteiger partial charge in [-0.1, -0.05) is 30.3 Å². The molecule has 2 aromatic carbocycles. The van der Waals surface area contributed by atoms with E-state index in [1.807, 2.05) is 35.2 Å². The molecule has 1 N–H and O–H groups in total. The van der Waals surface area contributed by atoms with Gasteiger partial charge in [-0.2, -0.15) is 0 Å². The van der Waals surface area contributed by atoms with E-state index in [1.165, 1.54) is 30.5 Å². The topological polar surface area (TPSA) is 47.0 Å². The van der Waals surface area contributed by atoms with Gasteiger partial charge in [-0.05, 0) is 49.4 Å². The van der Waals surface area contributed by atoms with Gasteiger partial charge in [-0.25, -0.2) is 0 Å². The van der Waals surface area contributed by atoms with Gasteiger partial charge >= 0.3 is 0 Å². The van der Waals surface area contributed by atoms with Gasteiger partial charge in [-0.3, -0.25) is 4.79 Å². The molecule has 2 aliphatic rings.